The minimum Gasteiger partial charge on any atom is -0.496 e. The Morgan fingerprint density at radius 1 is 1.08 bits per heavy atom. The molecule has 1 heterocycles. The zero-order valence-electron chi connectivity index (χ0n) is 22.2. The van der Waals surface area contributed by atoms with Crippen molar-refractivity contribution in [3.63, 3.8) is 0 Å². The monoisotopic (exact) mass is 501 g/mol. The van der Waals surface area contributed by atoms with Gasteiger partial charge in [0, 0.05) is 23.0 Å². The number of carbonyl (C=O) groups excluding carboxylic acids is 3. The fourth-order valence-corrected chi connectivity index (χ4v) is 3.83. The van der Waals surface area contributed by atoms with Crippen molar-refractivity contribution in [2.24, 2.45) is 0 Å². The lowest BCUT2D eigenvalue weighted by molar-refractivity contribution is -0.191. The summed E-state index contributed by atoms with van der Waals surface area (Å²) in [6.07, 6.45) is 1.48. The van der Waals surface area contributed by atoms with E-state index >= 15 is 0 Å². The van der Waals surface area contributed by atoms with E-state index in [-0.39, 0.29) is 12.7 Å². The number of pyridine rings is 1. The van der Waals surface area contributed by atoms with E-state index in [0.29, 0.717) is 17.1 Å². The number of aromatic nitrogens is 1. The van der Waals surface area contributed by atoms with Crippen LogP contribution in [0.3, 0.4) is 0 Å². The second-order valence-electron chi connectivity index (χ2n) is 9.36. The van der Waals surface area contributed by atoms with Crippen LogP contribution in [-0.4, -0.2) is 29.9 Å². The topological polar surface area (TPSA) is 90.2 Å². The summed E-state index contributed by atoms with van der Waals surface area (Å²) in [5, 5.41) is 0. The van der Waals surface area contributed by atoms with E-state index in [9.17, 15) is 4.79 Å². The highest BCUT2D eigenvalue weighted by Crippen LogP contribution is 2.34. The maximum Gasteiger partial charge on any atom is 0.415 e. The van der Waals surface area contributed by atoms with Gasteiger partial charge in [0.05, 0.1) is 25.9 Å². The maximum atomic E-state index is 13.4. The number of benzene rings is 2. The Morgan fingerprint density at radius 2 is 1.73 bits per heavy atom. The molecular weight excluding hydrogens is 470 g/mol. The number of aryl methyl sites for hydroxylation is 2. The first-order chi connectivity index (χ1) is 17.4. The number of nitrogens with zero attached hydrogens (tertiary/aromatic N) is 3. The van der Waals surface area contributed by atoms with Crippen LogP contribution in [0.4, 0.5) is 16.2 Å². The smallest absolute Gasteiger partial charge is 0.415 e. The third-order valence-corrected chi connectivity index (χ3v) is 5.47. The average Bonchev–Trinajstić information content (AvgIpc) is 2.83. The first-order valence-electron chi connectivity index (χ1n) is 11.5. The Hall–Kier alpha value is -4.47. The van der Waals surface area contributed by atoms with E-state index in [1.165, 1.54) is 4.90 Å². The van der Waals surface area contributed by atoms with Gasteiger partial charge < -0.3 is 9.47 Å². The lowest BCUT2D eigenvalue weighted by Gasteiger charge is -2.28. The van der Waals surface area contributed by atoms with Crippen molar-refractivity contribution >= 4 is 23.6 Å². The van der Waals surface area contributed by atoms with Gasteiger partial charge in [0.25, 0.3) is 0 Å². The minimum atomic E-state index is -0.682. The molecule has 2 aromatic carbocycles. The normalized spacial score (nSPS) is 10.3. The number of anilines is 1. The van der Waals surface area contributed by atoms with Gasteiger partial charge >= 0.3 is 12.2 Å². The van der Waals surface area contributed by atoms with Gasteiger partial charge in [-0.1, -0.05) is 24.3 Å². The highest BCUT2D eigenvalue weighted by molar-refractivity contribution is 5.90. The minimum absolute atomic E-state index is 0.173. The molecule has 8 heteroatoms. The van der Waals surface area contributed by atoms with Crippen LogP contribution in [0.25, 0.3) is 16.0 Å². The van der Waals surface area contributed by atoms with Crippen LogP contribution in [-0.2, 0) is 20.9 Å². The van der Waals surface area contributed by atoms with Gasteiger partial charge in [-0.3, -0.25) is 9.88 Å². The summed E-state index contributed by atoms with van der Waals surface area (Å²) in [6.45, 7) is 19.2. The van der Waals surface area contributed by atoms with Gasteiger partial charge in [0.1, 0.15) is 11.4 Å². The molecule has 8 nitrogen and oxygen atoms in total. The molecule has 1 aromatic heterocycles. The van der Waals surface area contributed by atoms with Crippen LogP contribution in [0, 0.1) is 27.3 Å². The molecule has 0 N–H and O–H groups in total. The van der Waals surface area contributed by atoms with Crippen molar-refractivity contribution in [2.75, 3.05) is 12.0 Å². The predicted molar refractivity (Wildman–Crippen MR) is 141 cm³/mol. The van der Waals surface area contributed by atoms with Crippen molar-refractivity contribution in [1.82, 2.24) is 4.98 Å². The number of hydrogen-bond acceptors (Lipinski definition) is 6. The van der Waals surface area contributed by atoms with E-state index in [1.54, 1.807) is 19.4 Å². The van der Waals surface area contributed by atoms with E-state index in [2.05, 4.69) is 9.83 Å². The Kier molecular flexibility index (Phi) is 9.70. The largest absolute Gasteiger partial charge is 0.496 e. The van der Waals surface area contributed by atoms with Crippen LogP contribution in [0.2, 0.25) is 0 Å². The standard InChI is InChI=1S/C28H31N3O3.CO2/c1-18-11-9-10-12-24(18)21-13-22(29-7)15-23(14-21)31(27(32)34-28(4,5)6)17-25-20(3)26(33-8)19(2)16-30-25;2-1-3/h9-16H,17H2,1-6,8H3;. The molecule has 0 radical (unpaired) electrons. The number of amides is 1. The average molecular weight is 502 g/mol. The third-order valence-electron chi connectivity index (χ3n) is 5.47. The van der Waals surface area contributed by atoms with E-state index in [4.69, 9.17) is 25.6 Å². The van der Waals surface area contributed by atoms with Gasteiger partial charge in [-0.2, -0.15) is 9.59 Å². The third kappa shape index (κ3) is 7.50. The van der Waals surface area contributed by atoms with Gasteiger partial charge in [0.15, 0.2) is 5.69 Å². The lowest BCUT2D eigenvalue weighted by Crippen LogP contribution is -2.37. The molecule has 1 amide bonds. The Morgan fingerprint density at radius 3 is 2.30 bits per heavy atom. The van der Waals surface area contributed by atoms with Gasteiger partial charge in [-0.05, 0) is 76.4 Å². The summed E-state index contributed by atoms with van der Waals surface area (Å²) < 4.78 is 11.3. The number of rotatable bonds is 5. The molecule has 0 fully saturated rings. The molecule has 0 aliphatic heterocycles. The fourth-order valence-electron chi connectivity index (χ4n) is 3.83. The Balaban J connectivity index is 0.00000153. The molecule has 0 saturated heterocycles. The van der Waals surface area contributed by atoms with Gasteiger partial charge in [-0.15, -0.1) is 0 Å². The summed E-state index contributed by atoms with van der Waals surface area (Å²) in [7, 11) is 1.62. The second-order valence-corrected chi connectivity index (χ2v) is 9.36. The van der Waals surface area contributed by atoms with Crippen molar-refractivity contribution in [3.05, 3.63) is 82.5 Å². The Labute approximate surface area is 217 Å². The molecular formula is C29H31N3O5. The molecule has 0 unspecified atom stereocenters. The summed E-state index contributed by atoms with van der Waals surface area (Å²) >= 11 is 0. The van der Waals surface area contributed by atoms with Crippen LogP contribution >= 0.6 is 0 Å². The molecule has 0 atom stereocenters. The second kappa shape index (κ2) is 12.5. The van der Waals surface area contributed by atoms with Gasteiger partial charge in [0.2, 0.25) is 0 Å². The SMILES string of the molecule is O=C=O.[C-]#[N+]c1cc(-c2ccccc2C)cc(N(Cc2ncc(C)c(OC)c2C)C(=O)OC(C)(C)C)c1. The van der Waals surface area contributed by atoms with Crippen molar-refractivity contribution < 1.29 is 23.9 Å². The first kappa shape index (κ1) is 28.8. The lowest BCUT2D eigenvalue weighted by atomic mass is 9.99. The Bertz CT molecular complexity index is 1350. The fraction of sp³-hybridized carbons (Fsp3) is 0.310. The molecule has 0 bridgehead atoms. The zero-order valence-corrected chi connectivity index (χ0v) is 22.2. The van der Waals surface area contributed by atoms with Crippen LogP contribution < -0.4 is 9.64 Å². The number of carbonyl (C=O) groups is 1. The number of ether oxygens (including phenoxy) is 2. The van der Waals surface area contributed by atoms with Gasteiger partial charge in [-0.25, -0.2) is 9.64 Å². The molecule has 3 aromatic rings. The highest BCUT2D eigenvalue weighted by atomic mass is 16.6. The highest BCUT2D eigenvalue weighted by Gasteiger charge is 2.26. The number of hydrogen-bond donors (Lipinski definition) is 0. The van der Waals surface area contributed by atoms with Crippen LogP contribution in [0.1, 0.15) is 43.2 Å². The quantitative estimate of drug-likeness (QED) is 0.366. The molecule has 0 aliphatic carbocycles. The van der Waals surface area contributed by atoms with Crippen molar-refractivity contribution in [3.8, 4) is 16.9 Å². The summed E-state index contributed by atoms with van der Waals surface area (Å²) in [5.41, 5.74) is 5.75. The van der Waals surface area contributed by atoms with E-state index in [0.717, 1.165) is 33.6 Å². The molecule has 192 valence electrons. The maximum absolute atomic E-state index is 13.4. The first-order valence-corrected chi connectivity index (χ1v) is 11.5. The summed E-state index contributed by atoms with van der Waals surface area (Å²) in [4.78, 5) is 39.4. The molecule has 0 aliphatic rings. The van der Waals surface area contributed by atoms with Crippen LogP contribution in [0.5, 0.6) is 5.75 Å². The predicted octanol–water partition coefficient (Wildman–Crippen LogP) is 6.59. The van der Waals surface area contributed by atoms with E-state index < -0.39 is 11.7 Å². The number of methoxy groups -OCH3 is 1. The summed E-state index contributed by atoms with van der Waals surface area (Å²) in [6, 6.07) is 13.4. The molecule has 3 rings (SSSR count). The van der Waals surface area contributed by atoms with E-state index in [1.807, 2.05) is 77.9 Å². The zero-order chi connectivity index (χ0) is 27.8. The molecule has 0 spiro atoms. The van der Waals surface area contributed by atoms with Crippen LogP contribution in [0.15, 0.2) is 48.7 Å². The van der Waals surface area contributed by atoms with Crippen molar-refractivity contribution in [2.45, 2.75) is 53.7 Å². The molecule has 37 heavy (non-hydrogen) atoms. The van der Waals surface area contributed by atoms with Crippen molar-refractivity contribution in [1.29, 1.82) is 0 Å². The summed E-state index contributed by atoms with van der Waals surface area (Å²) in [5.74, 6) is 0.740. The molecule has 0 saturated carbocycles.